The first-order valence-electron chi connectivity index (χ1n) is 12.1. The predicted molar refractivity (Wildman–Crippen MR) is 132 cm³/mol. The Labute approximate surface area is 201 Å². The lowest BCUT2D eigenvalue weighted by Crippen LogP contribution is -2.53. The Kier molecular flexibility index (Phi) is 5.42. The molecule has 0 radical (unpaired) electrons. The summed E-state index contributed by atoms with van der Waals surface area (Å²) in [4.78, 5) is 30.2. The molecule has 34 heavy (non-hydrogen) atoms. The molecule has 0 bridgehead atoms. The van der Waals surface area contributed by atoms with E-state index in [1.54, 1.807) is 7.11 Å². The summed E-state index contributed by atoms with van der Waals surface area (Å²) >= 11 is 0. The van der Waals surface area contributed by atoms with Gasteiger partial charge in [0.25, 0.3) is 5.91 Å². The highest BCUT2D eigenvalue weighted by Gasteiger charge is 2.50. The number of nitrogens with one attached hydrogen (secondary N) is 1. The maximum atomic E-state index is 13.2. The van der Waals surface area contributed by atoms with E-state index in [2.05, 4.69) is 43.4 Å². The summed E-state index contributed by atoms with van der Waals surface area (Å²) in [5.74, 6) is 1.07. The number of hydrogen-bond donors (Lipinski definition) is 1. The molecule has 1 atom stereocenters. The molecule has 5 rings (SSSR count). The van der Waals surface area contributed by atoms with E-state index in [0.717, 1.165) is 33.7 Å². The van der Waals surface area contributed by atoms with Crippen LogP contribution in [0.2, 0.25) is 0 Å². The van der Waals surface area contributed by atoms with Gasteiger partial charge in [-0.05, 0) is 74.6 Å². The van der Waals surface area contributed by atoms with Gasteiger partial charge in [-0.2, -0.15) is 0 Å². The van der Waals surface area contributed by atoms with Gasteiger partial charge in [-0.25, -0.2) is 4.79 Å². The highest BCUT2D eigenvalue weighted by molar-refractivity contribution is 5.95. The number of rotatable bonds is 2. The molecule has 1 N–H and O–H groups in total. The van der Waals surface area contributed by atoms with Crippen molar-refractivity contribution in [3.05, 3.63) is 75.5 Å². The number of piperidine rings is 1. The Morgan fingerprint density at radius 2 is 1.74 bits per heavy atom. The van der Waals surface area contributed by atoms with Crippen LogP contribution >= 0.6 is 0 Å². The Bertz CT molecular complexity index is 1190. The summed E-state index contributed by atoms with van der Waals surface area (Å²) in [7, 11) is 1.68. The monoisotopic (exact) mass is 459 g/mol. The zero-order valence-corrected chi connectivity index (χ0v) is 20.7. The molecule has 2 aromatic carbocycles. The number of aryl methyl sites for hydroxylation is 3. The van der Waals surface area contributed by atoms with Gasteiger partial charge < -0.3 is 15.0 Å². The van der Waals surface area contributed by atoms with Crippen molar-refractivity contribution >= 4 is 11.9 Å². The third kappa shape index (κ3) is 3.65. The molecule has 6 heteroatoms. The third-order valence-corrected chi connectivity index (χ3v) is 7.62. The number of allylic oxidation sites excluding steroid dienone is 1. The molecule has 2 saturated heterocycles. The van der Waals surface area contributed by atoms with Crippen molar-refractivity contribution < 1.29 is 14.3 Å². The number of benzene rings is 2. The number of urea groups is 1. The van der Waals surface area contributed by atoms with Crippen LogP contribution in [0.25, 0.3) is 0 Å². The van der Waals surface area contributed by atoms with Crippen molar-refractivity contribution in [2.75, 3.05) is 20.2 Å². The fraction of sp³-hybridized carbons (Fsp3) is 0.429. The van der Waals surface area contributed by atoms with E-state index < -0.39 is 5.54 Å². The van der Waals surface area contributed by atoms with Gasteiger partial charge in [-0.15, -0.1) is 0 Å². The number of carbonyl (C=O) groups is 2. The normalized spacial score (nSPS) is 20.9. The van der Waals surface area contributed by atoms with Crippen LogP contribution in [0.5, 0.6) is 5.75 Å². The SMILES string of the molecule is COc1cc(C)c2c(c1)CN1C(=O)NC3(CCN(C(=O)c4cc(C)cc(C)c4)CC3)C1=C[C@@H]2C. The van der Waals surface area contributed by atoms with Crippen LogP contribution in [0, 0.1) is 20.8 Å². The summed E-state index contributed by atoms with van der Waals surface area (Å²) < 4.78 is 5.50. The average molecular weight is 460 g/mol. The maximum absolute atomic E-state index is 13.2. The summed E-state index contributed by atoms with van der Waals surface area (Å²) in [6.07, 6.45) is 3.68. The number of amides is 3. The van der Waals surface area contributed by atoms with Crippen LogP contribution in [0.4, 0.5) is 4.79 Å². The Balaban J connectivity index is 1.41. The molecule has 2 fully saturated rings. The lowest BCUT2D eigenvalue weighted by Gasteiger charge is -2.40. The van der Waals surface area contributed by atoms with E-state index in [9.17, 15) is 9.59 Å². The number of hydrogen-bond acceptors (Lipinski definition) is 3. The molecule has 0 aliphatic carbocycles. The molecule has 3 amide bonds. The Hall–Kier alpha value is -3.28. The molecular weight excluding hydrogens is 426 g/mol. The summed E-state index contributed by atoms with van der Waals surface area (Å²) in [6, 6.07) is 10.1. The van der Waals surface area contributed by atoms with Crippen molar-refractivity contribution in [2.45, 2.75) is 58.5 Å². The molecule has 0 saturated carbocycles. The maximum Gasteiger partial charge on any atom is 0.322 e. The number of methoxy groups -OCH3 is 1. The first-order valence-corrected chi connectivity index (χ1v) is 12.1. The molecule has 3 heterocycles. The van der Waals surface area contributed by atoms with Crippen molar-refractivity contribution in [1.29, 1.82) is 0 Å². The van der Waals surface area contributed by atoms with Crippen LogP contribution in [-0.4, -0.2) is 47.5 Å². The molecule has 3 aliphatic rings. The lowest BCUT2D eigenvalue weighted by atomic mass is 9.83. The highest BCUT2D eigenvalue weighted by atomic mass is 16.5. The largest absolute Gasteiger partial charge is 0.497 e. The zero-order valence-electron chi connectivity index (χ0n) is 20.7. The van der Waals surface area contributed by atoms with Gasteiger partial charge >= 0.3 is 6.03 Å². The van der Waals surface area contributed by atoms with Crippen LogP contribution in [-0.2, 0) is 6.54 Å². The van der Waals surface area contributed by atoms with E-state index in [1.807, 2.05) is 35.8 Å². The molecule has 1 spiro atoms. The minimum Gasteiger partial charge on any atom is -0.497 e. The van der Waals surface area contributed by atoms with Gasteiger partial charge in [0.05, 0.1) is 19.2 Å². The average Bonchev–Trinajstić information content (AvgIpc) is 2.92. The molecular formula is C28H33N3O3. The second kappa shape index (κ2) is 8.19. The third-order valence-electron chi connectivity index (χ3n) is 7.62. The lowest BCUT2D eigenvalue weighted by molar-refractivity contribution is 0.0677. The van der Waals surface area contributed by atoms with Gasteiger partial charge in [0.15, 0.2) is 0 Å². The van der Waals surface area contributed by atoms with Gasteiger partial charge in [0.1, 0.15) is 5.75 Å². The number of likely N-dealkylation sites (tertiary alicyclic amines) is 1. The van der Waals surface area contributed by atoms with Crippen molar-refractivity contribution in [2.24, 2.45) is 0 Å². The number of ether oxygens (including phenoxy) is 1. The summed E-state index contributed by atoms with van der Waals surface area (Å²) in [5, 5.41) is 3.30. The zero-order chi connectivity index (χ0) is 24.2. The van der Waals surface area contributed by atoms with E-state index in [-0.39, 0.29) is 17.9 Å². The Morgan fingerprint density at radius 3 is 2.38 bits per heavy atom. The number of fused-ring (bicyclic) bond motifs is 3. The second-order valence-electron chi connectivity index (χ2n) is 10.1. The molecule has 0 unspecified atom stereocenters. The minimum atomic E-state index is -0.426. The van der Waals surface area contributed by atoms with E-state index in [4.69, 9.17) is 4.74 Å². The fourth-order valence-corrected chi connectivity index (χ4v) is 6.09. The predicted octanol–water partition coefficient (Wildman–Crippen LogP) is 4.82. The van der Waals surface area contributed by atoms with Crippen LogP contribution in [0.15, 0.2) is 42.1 Å². The molecule has 178 valence electrons. The molecule has 0 aromatic heterocycles. The van der Waals surface area contributed by atoms with Crippen LogP contribution < -0.4 is 10.1 Å². The van der Waals surface area contributed by atoms with Gasteiger partial charge in [-0.1, -0.05) is 30.2 Å². The standard InChI is InChI=1S/C28H33N3O3/c1-17-10-18(2)12-21(11-17)26(32)30-8-6-28(7-9-30)24-14-20(4)25-19(3)13-23(34-5)15-22(25)16-31(24)27(33)29-28/h10-15,20H,6-9,16H2,1-5H3,(H,29,33)/t20-/m0/s1. The fourth-order valence-electron chi connectivity index (χ4n) is 6.09. The van der Waals surface area contributed by atoms with E-state index in [1.165, 1.54) is 11.1 Å². The quantitative estimate of drug-likeness (QED) is 0.700. The van der Waals surface area contributed by atoms with Crippen molar-refractivity contribution in [3.8, 4) is 5.75 Å². The summed E-state index contributed by atoms with van der Waals surface area (Å²) in [5.41, 5.74) is 7.15. The highest BCUT2D eigenvalue weighted by Crippen LogP contribution is 2.43. The number of carbonyl (C=O) groups excluding carboxylic acids is 2. The van der Waals surface area contributed by atoms with Crippen molar-refractivity contribution in [3.63, 3.8) is 0 Å². The van der Waals surface area contributed by atoms with Gasteiger partial charge in [0, 0.05) is 30.3 Å². The smallest absolute Gasteiger partial charge is 0.322 e. The van der Waals surface area contributed by atoms with Crippen LogP contribution in [0.3, 0.4) is 0 Å². The molecule has 2 aromatic rings. The molecule has 3 aliphatic heterocycles. The topological polar surface area (TPSA) is 61.9 Å². The first-order chi connectivity index (χ1) is 16.2. The second-order valence-corrected chi connectivity index (χ2v) is 10.1. The van der Waals surface area contributed by atoms with E-state index >= 15 is 0 Å². The van der Waals surface area contributed by atoms with Gasteiger partial charge in [0.2, 0.25) is 0 Å². The first kappa shape index (κ1) is 22.5. The number of nitrogens with zero attached hydrogens (tertiary/aromatic N) is 2. The minimum absolute atomic E-state index is 0.0548. The van der Waals surface area contributed by atoms with E-state index in [0.29, 0.717) is 32.5 Å². The van der Waals surface area contributed by atoms with Gasteiger partial charge in [-0.3, -0.25) is 9.69 Å². The van der Waals surface area contributed by atoms with Crippen molar-refractivity contribution in [1.82, 2.24) is 15.1 Å². The van der Waals surface area contributed by atoms with Crippen LogP contribution in [0.1, 0.15) is 63.9 Å². The molecule has 6 nitrogen and oxygen atoms in total. The Morgan fingerprint density at radius 1 is 1.06 bits per heavy atom. The summed E-state index contributed by atoms with van der Waals surface area (Å²) in [6.45, 7) is 10.1.